The summed E-state index contributed by atoms with van der Waals surface area (Å²) in [6.07, 6.45) is 9.30. The zero-order valence-corrected chi connectivity index (χ0v) is 16.2. The van der Waals surface area contributed by atoms with Crippen molar-refractivity contribution in [2.24, 2.45) is 34.5 Å². The molecule has 140 valence electrons. The van der Waals surface area contributed by atoms with E-state index in [0.29, 0.717) is 17.8 Å². The molecule has 0 bridgehead atoms. The van der Waals surface area contributed by atoms with Crippen molar-refractivity contribution in [1.82, 2.24) is 0 Å². The molecule has 4 aliphatic rings. The molecule has 0 heterocycles. The van der Waals surface area contributed by atoms with Gasteiger partial charge in [0.05, 0.1) is 6.10 Å². The number of allylic oxidation sites excluding steroid dienone is 2. The fourth-order valence-corrected chi connectivity index (χ4v) is 7.60. The molecule has 3 heteroatoms. The number of hydrogen-bond acceptors (Lipinski definition) is 3. The van der Waals surface area contributed by atoms with Crippen molar-refractivity contribution < 1.29 is 15.0 Å². The van der Waals surface area contributed by atoms with E-state index in [4.69, 9.17) is 0 Å². The van der Waals surface area contributed by atoms with E-state index in [2.05, 4.69) is 26.8 Å². The topological polar surface area (TPSA) is 57.5 Å². The number of ketones is 1. The summed E-state index contributed by atoms with van der Waals surface area (Å²) in [5.74, 6) is 1.48. The van der Waals surface area contributed by atoms with Crippen molar-refractivity contribution >= 4 is 5.78 Å². The quantitative estimate of drug-likeness (QED) is 0.709. The second kappa shape index (κ2) is 5.42. The van der Waals surface area contributed by atoms with Gasteiger partial charge in [-0.15, -0.1) is 0 Å². The van der Waals surface area contributed by atoms with Gasteiger partial charge in [0.1, 0.15) is 5.60 Å². The van der Waals surface area contributed by atoms with Crippen molar-refractivity contribution in [1.29, 1.82) is 0 Å². The number of aliphatic hydroxyl groups is 2. The first kappa shape index (κ1) is 17.7. The lowest BCUT2D eigenvalue weighted by molar-refractivity contribution is -0.156. The summed E-state index contributed by atoms with van der Waals surface area (Å²) in [5, 5.41) is 21.5. The fourth-order valence-electron chi connectivity index (χ4n) is 7.60. The molecule has 3 nitrogen and oxygen atoms in total. The Bertz CT molecular complexity index is 625. The first-order chi connectivity index (χ1) is 11.6. The van der Waals surface area contributed by atoms with Crippen LogP contribution < -0.4 is 0 Å². The van der Waals surface area contributed by atoms with Crippen LogP contribution in [0.1, 0.15) is 72.6 Å². The number of fused-ring (bicyclic) bond motifs is 5. The first-order valence-corrected chi connectivity index (χ1v) is 10.3. The molecule has 3 saturated carbocycles. The Kier molecular flexibility index (Phi) is 3.84. The molecule has 4 aliphatic carbocycles. The predicted molar refractivity (Wildman–Crippen MR) is 97.9 cm³/mol. The van der Waals surface area contributed by atoms with Crippen LogP contribution in [0, 0.1) is 34.5 Å². The molecular weight excluding hydrogens is 312 g/mol. The van der Waals surface area contributed by atoms with Gasteiger partial charge in [-0.2, -0.15) is 0 Å². The summed E-state index contributed by atoms with van der Waals surface area (Å²) in [4.78, 5) is 12.4. The molecule has 3 fully saturated rings. The largest absolute Gasteiger partial charge is 0.393 e. The maximum Gasteiger partial charge on any atom is 0.162 e. The van der Waals surface area contributed by atoms with Gasteiger partial charge in [0.25, 0.3) is 0 Å². The van der Waals surface area contributed by atoms with E-state index in [1.54, 1.807) is 12.5 Å². The van der Waals surface area contributed by atoms with E-state index >= 15 is 0 Å². The second-order valence-electron chi connectivity index (χ2n) is 10.1. The summed E-state index contributed by atoms with van der Waals surface area (Å²) in [6.45, 7) is 8.22. The highest BCUT2D eigenvalue weighted by Gasteiger charge is 2.66. The standard InChI is InChI=1S/C22H34O3/c1-13-11-19-17-6-5-15-12-16(24)7-9-20(15,3)18(17)8-10-21(19,4)22(13,25)14(2)23/h8,13,15-17,19,24-25H,5-7,9-12H2,1-4H3/t13-,15+,16+,17+,19+,20-,21-,22+/m0/s1. The number of Topliss-reactive ketones (excluding diaryl/α,β-unsaturated/α-hetero) is 1. The average molecular weight is 347 g/mol. The lowest BCUT2D eigenvalue weighted by atomic mass is 9.48. The van der Waals surface area contributed by atoms with Crippen LogP contribution in [0.3, 0.4) is 0 Å². The Morgan fingerprint density at radius 3 is 2.60 bits per heavy atom. The highest BCUT2D eigenvalue weighted by Crippen LogP contribution is 2.67. The molecule has 0 unspecified atom stereocenters. The van der Waals surface area contributed by atoms with Crippen molar-refractivity contribution in [3.63, 3.8) is 0 Å². The van der Waals surface area contributed by atoms with Crippen LogP contribution in [0.2, 0.25) is 0 Å². The third kappa shape index (κ3) is 2.09. The second-order valence-corrected chi connectivity index (χ2v) is 10.1. The number of carbonyl (C=O) groups excluding carboxylic acids is 1. The van der Waals surface area contributed by atoms with Gasteiger partial charge >= 0.3 is 0 Å². The van der Waals surface area contributed by atoms with Crippen LogP contribution in [0.4, 0.5) is 0 Å². The number of aliphatic hydroxyl groups excluding tert-OH is 1. The molecule has 0 aromatic rings. The Balaban J connectivity index is 1.74. The van der Waals surface area contributed by atoms with E-state index in [1.165, 1.54) is 6.42 Å². The Morgan fingerprint density at radius 1 is 1.20 bits per heavy atom. The molecule has 4 rings (SSSR count). The minimum absolute atomic E-state index is 0.0338. The van der Waals surface area contributed by atoms with E-state index in [1.807, 2.05) is 0 Å². The van der Waals surface area contributed by atoms with Gasteiger partial charge in [0, 0.05) is 5.41 Å². The van der Waals surface area contributed by atoms with E-state index in [-0.39, 0.29) is 28.6 Å². The van der Waals surface area contributed by atoms with Gasteiger partial charge in [0.15, 0.2) is 5.78 Å². The maximum atomic E-state index is 12.4. The van der Waals surface area contributed by atoms with E-state index in [0.717, 1.165) is 38.5 Å². The smallest absolute Gasteiger partial charge is 0.162 e. The Labute approximate surface area is 151 Å². The molecule has 0 amide bonds. The third-order valence-electron chi connectivity index (χ3n) is 9.12. The number of hydrogen-bond donors (Lipinski definition) is 2. The fraction of sp³-hybridized carbons (Fsp3) is 0.864. The molecular formula is C22H34O3. The Hall–Kier alpha value is -0.670. The molecule has 25 heavy (non-hydrogen) atoms. The summed E-state index contributed by atoms with van der Waals surface area (Å²) in [6, 6.07) is 0. The summed E-state index contributed by atoms with van der Waals surface area (Å²) in [7, 11) is 0. The normalized spacial score (nSPS) is 55.0. The highest BCUT2D eigenvalue weighted by molar-refractivity contribution is 5.86. The number of carbonyl (C=O) groups is 1. The minimum Gasteiger partial charge on any atom is -0.393 e. The monoisotopic (exact) mass is 346 g/mol. The lowest BCUT2D eigenvalue weighted by Gasteiger charge is -2.57. The van der Waals surface area contributed by atoms with Crippen LogP contribution in [0.5, 0.6) is 0 Å². The third-order valence-corrected chi connectivity index (χ3v) is 9.12. The summed E-state index contributed by atoms with van der Waals surface area (Å²) < 4.78 is 0. The van der Waals surface area contributed by atoms with Crippen molar-refractivity contribution in [2.75, 3.05) is 0 Å². The molecule has 0 spiro atoms. The summed E-state index contributed by atoms with van der Waals surface area (Å²) >= 11 is 0. The van der Waals surface area contributed by atoms with Gasteiger partial charge < -0.3 is 10.2 Å². The van der Waals surface area contributed by atoms with Gasteiger partial charge in [-0.25, -0.2) is 0 Å². The minimum atomic E-state index is -1.18. The zero-order valence-electron chi connectivity index (χ0n) is 16.2. The van der Waals surface area contributed by atoms with Gasteiger partial charge in [0.2, 0.25) is 0 Å². The van der Waals surface area contributed by atoms with Crippen LogP contribution in [-0.4, -0.2) is 27.7 Å². The molecule has 0 aromatic heterocycles. The van der Waals surface area contributed by atoms with Crippen LogP contribution >= 0.6 is 0 Å². The first-order valence-electron chi connectivity index (χ1n) is 10.3. The van der Waals surface area contributed by atoms with Crippen LogP contribution in [-0.2, 0) is 4.79 Å². The molecule has 8 atom stereocenters. The van der Waals surface area contributed by atoms with Gasteiger partial charge in [-0.1, -0.05) is 32.4 Å². The van der Waals surface area contributed by atoms with Crippen molar-refractivity contribution in [2.45, 2.75) is 84.3 Å². The van der Waals surface area contributed by atoms with Gasteiger partial charge in [-0.3, -0.25) is 4.79 Å². The van der Waals surface area contributed by atoms with Crippen LogP contribution in [0.25, 0.3) is 0 Å². The zero-order chi connectivity index (χ0) is 18.2. The predicted octanol–water partition coefficient (Wildman–Crippen LogP) is 3.88. The molecule has 0 aliphatic heterocycles. The molecule has 0 aromatic carbocycles. The molecule has 0 saturated heterocycles. The van der Waals surface area contributed by atoms with Crippen molar-refractivity contribution in [3.05, 3.63) is 11.6 Å². The van der Waals surface area contributed by atoms with Crippen LogP contribution in [0.15, 0.2) is 11.6 Å². The average Bonchev–Trinajstić information content (AvgIpc) is 2.77. The Morgan fingerprint density at radius 2 is 1.92 bits per heavy atom. The molecule has 2 N–H and O–H groups in total. The SMILES string of the molecule is CC(=O)[C@]1(O)[C@@H](C)C[C@@H]2[C@@H]3CC[C@@H]4C[C@H](O)CC[C@]4(C)C3=CC[C@@]21C. The highest BCUT2D eigenvalue weighted by atomic mass is 16.3. The number of rotatable bonds is 1. The van der Waals surface area contributed by atoms with E-state index < -0.39 is 5.60 Å². The molecule has 0 radical (unpaired) electrons. The van der Waals surface area contributed by atoms with E-state index in [9.17, 15) is 15.0 Å². The lowest BCUT2D eigenvalue weighted by Crippen LogP contribution is -2.56. The van der Waals surface area contributed by atoms with Crippen molar-refractivity contribution in [3.8, 4) is 0 Å². The summed E-state index contributed by atoms with van der Waals surface area (Å²) in [5.41, 5.74) is 0.298. The maximum absolute atomic E-state index is 12.4. The van der Waals surface area contributed by atoms with Gasteiger partial charge in [-0.05, 0) is 81.0 Å².